The molecule has 0 spiro atoms. The second kappa shape index (κ2) is 5.90. The van der Waals surface area contributed by atoms with Crippen molar-refractivity contribution in [1.29, 1.82) is 0 Å². The summed E-state index contributed by atoms with van der Waals surface area (Å²) in [5, 5.41) is 0. The van der Waals surface area contributed by atoms with Gasteiger partial charge in [0.2, 0.25) is 0 Å². The quantitative estimate of drug-likeness (QED) is 0.564. The fourth-order valence-corrected chi connectivity index (χ4v) is 1.10. The summed E-state index contributed by atoms with van der Waals surface area (Å²) in [6, 6.07) is 6.69. The average molecular weight is 222 g/mol. The Kier molecular flexibility index (Phi) is 4.51. The monoisotopic (exact) mass is 222 g/mol. The molecule has 0 unspecified atom stereocenters. The van der Waals surface area contributed by atoms with Crippen LogP contribution in [0, 0.1) is 0 Å². The van der Waals surface area contributed by atoms with Crippen LogP contribution in [0.2, 0.25) is 0 Å². The van der Waals surface area contributed by atoms with Crippen molar-refractivity contribution in [3.8, 4) is 11.5 Å². The lowest BCUT2D eigenvalue weighted by Gasteiger charge is -2.04. The SMILES string of the molecule is COc1ccc(OC(=O)CCC(C)=O)cc1. The fourth-order valence-electron chi connectivity index (χ4n) is 1.10. The molecule has 1 rings (SSSR count). The Balaban J connectivity index is 2.46. The van der Waals surface area contributed by atoms with E-state index >= 15 is 0 Å². The first-order chi connectivity index (χ1) is 7.61. The van der Waals surface area contributed by atoms with Crippen molar-refractivity contribution in [2.24, 2.45) is 0 Å². The van der Waals surface area contributed by atoms with Crippen LogP contribution in [0.15, 0.2) is 24.3 Å². The Morgan fingerprint density at radius 1 is 1.06 bits per heavy atom. The zero-order valence-electron chi connectivity index (χ0n) is 9.36. The number of ether oxygens (including phenoxy) is 2. The highest BCUT2D eigenvalue weighted by Gasteiger charge is 2.06. The zero-order valence-corrected chi connectivity index (χ0v) is 9.36. The standard InChI is InChI=1S/C12H14O4/c1-9(13)3-8-12(14)16-11-6-4-10(15-2)5-7-11/h4-7H,3,8H2,1-2H3. The van der Waals surface area contributed by atoms with E-state index in [1.807, 2.05) is 0 Å². The van der Waals surface area contributed by atoms with Crippen LogP contribution in [0.5, 0.6) is 11.5 Å². The van der Waals surface area contributed by atoms with E-state index in [0.29, 0.717) is 11.5 Å². The Bertz CT molecular complexity index is 367. The molecule has 0 N–H and O–H groups in total. The predicted molar refractivity (Wildman–Crippen MR) is 58.5 cm³/mol. The summed E-state index contributed by atoms with van der Waals surface area (Å²) in [6.45, 7) is 1.45. The molecule has 4 nitrogen and oxygen atoms in total. The fraction of sp³-hybridized carbons (Fsp3) is 0.333. The summed E-state index contributed by atoms with van der Waals surface area (Å²) in [4.78, 5) is 21.9. The van der Waals surface area contributed by atoms with Crippen LogP contribution in [-0.2, 0) is 9.59 Å². The van der Waals surface area contributed by atoms with Crippen LogP contribution in [-0.4, -0.2) is 18.9 Å². The maximum atomic E-state index is 11.3. The van der Waals surface area contributed by atoms with Gasteiger partial charge in [0.05, 0.1) is 13.5 Å². The van der Waals surface area contributed by atoms with Crippen LogP contribution < -0.4 is 9.47 Å². The molecule has 86 valence electrons. The molecule has 0 radical (unpaired) electrons. The normalized spacial score (nSPS) is 9.62. The number of hydrogen-bond donors (Lipinski definition) is 0. The Hall–Kier alpha value is -1.84. The first kappa shape index (κ1) is 12.2. The van der Waals surface area contributed by atoms with Gasteiger partial charge in [-0.3, -0.25) is 4.79 Å². The maximum absolute atomic E-state index is 11.3. The molecule has 1 aromatic rings. The number of carbonyl (C=O) groups excluding carboxylic acids is 2. The molecule has 0 atom stereocenters. The maximum Gasteiger partial charge on any atom is 0.311 e. The van der Waals surface area contributed by atoms with E-state index in [2.05, 4.69) is 0 Å². The number of esters is 1. The topological polar surface area (TPSA) is 52.6 Å². The van der Waals surface area contributed by atoms with Gasteiger partial charge in [0.1, 0.15) is 17.3 Å². The van der Waals surface area contributed by atoms with Gasteiger partial charge in [-0.25, -0.2) is 0 Å². The lowest BCUT2D eigenvalue weighted by Crippen LogP contribution is -2.09. The molecule has 4 heteroatoms. The third kappa shape index (κ3) is 4.13. The molecule has 0 aromatic heterocycles. The van der Waals surface area contributed by atoms with Gasteiger partial charge in [0.25, 0.3) is 0 Å². The second-order valence-electron chi connectivity index (χ2n) is 3.35. The second-order valence-corrected chi connectivity index (χ2v) is 3.35. The Morgan fingerprint density at radius 3 is 2.12 bits per heavy atom. The molecule has 1 aromatic carbocycles. The van der Waals surface area contributed by atoms with E-state index in [4.69, 9.17) is 9.47 Å². The van der Waals surface area contributed by atoms with Gasteiger partial charge >= 0.3 is 5.97 Å². The molecular formula is C12H14O4. The van der Waals surface area contributed by atoms with Gasteiger partial charge in [-0.05, 0) is 31.2 Å². The molecule has 0 aliphatic rings. The highest BCUT2D eigenvalue weighted by atomic mass is 16.5. The van der Waals surface area contributed by atoms with Gasteiger partial charge < -0.3 is 14.3 Å². The van der Waals surface area contributed by atoms with Crippen molar-refractivity contribution in [2.45, 2.75) is 19.8 Å². The van der Waals surface area contributed by atoms with Crippen LogP contribution in [0.25, 0.3) is 0 Å². The lowest BCUT2D eigenvalue weighted by molar-refractivity contribution is -0.135. The Labute approximate surface area is 94.2 Å². The summed E-state index contributed by atoms with van der Waals surface area (Å²) in [5.41, 5.74) is 0. The zero-order chi connectivity index (χ0) is 12.0. The molecule has 0 saturated heterocycles. The lowest BCUT2D eigenvalue weighted by atomic mass is 10.2. The van der Waals surface area contributed by atoms with E-state index in [-0.39, 0.29) is 18.6 Å². The highest BCUT2D eigenvalue weighted by molar-refractivity contribution is 5.81. The predicted octanol–water partition coefficient (Wildman–Crippen LogP) is 1.97. The van der Waals surface area contributed by atoms with E-state index in [1.54, 1.807) is 31.4 Å². The molecule has 0 aliphatic carbocycles. The molecule has 0 heterocycles. The van der Waals surface area contributed by atoms with Crippen molar-refractivity contribution >= 4 is 11.8 Å². The number of rotatable bonds is 5. The molecule has 16 heavy (non-hydrogen) atoms. The molecule has 0 amide bonds. The molecule has 0 fully saturated rings. The first-order valence-electron chi connectivity index (χ1n) is 4.96. The number of hydrogen-bond acceptors (Lipinski definition) is 4. The number of carbonyl (C=O) groups is 2. The number of methoxy groups -OCH3 is 1. The third-order valence-electron chi connectivity index (χ3n) is 1.97. The number of ketones is 1. The van der Waals surface area contributed by atoms with E-state index < -0.39 is 5.97 Å². The third-order valence-corrected chi connectivity index (χ3v) is 1.97. The summed E-state index contributed by atoms with van der Waals surface area (Å²) < 4.78 is 9.99. The molecule has 0 saturated carbocycles. The summed E-state index contributed by atoms with van der Waals surface area (Å²) >= 11 is 0. The summed E-state index contributed by atoms with van der Waals surface area (Å²) in [7, 11) is 1.56. The van der Waals surface area contributed by atoms with Gasteiger partial charge in [-0.1, -0.05) is 0 Å². The Morgan fingerprint density at radius 2 is 1.62 bits per heavy atom. The van der Waals surface area contributed by atoms with Crippen LogP contribution in [0.4, 0.5) is 0 Å². The van der Waals surface area contributed by atoms with Crippen molar-refractivity contribution in [3.05, 3.63) is 24.3 Å². The van der Waals surface area contributed by atoms with E-state index in [0.717, 1.165) is 0 Å². The van der Waals surface area contributed by atoms with Crippen molar-refractivity contribution in [1.82, 2.24) is 0 Å². The van der Waals surface area contributed by atoms with E-state index in [1.165, 1.54) is 6.92 Å². The minimum absolute atomic E-state index is 0.0216. The smallest absolute Gasteiger partial charge is 0.311 e. The molecule has 0 aliphatic heterocycles. The van der Waals surface area contributed by atoms with Crippen LogP contribution >= 0.6 is 0 Å². The number of Topliss-reactive ketones (excluding diaryl/α,β-unsaturated/α-hetero) is 1. The highest BCUT2D eigenvalue weighted by Crippen LogP contribution is 2.17. The van der Waals surface area contributed by atoms with Crippen LogP contribution in [0.3, 0.4) is 0 Å². The molecular weight excluding hydrogens is 208 g/mol. The van der Waals surface area contributed by atoms with Crippen molar-refractivity contribution in [2.75, 3.05) is 7.11 Å². The van der Waals surface area contributed by atoms with Gasteiger partial charge in [0, 0.05) is 6.42 Å². The minimum Gasteiger partial charge on any atom is -0.497 e. The molecule has 0 bridgehead atoms. The summed E-state index contributed by atoms with van der Waals surface area (Å²) in [5.74, 6) is 0.727. The van der Waals surface area contributed by atoms with Crippen molar-refractivity contribution in [3.63, 3.8) is 0 Å². The minimum atomic E-state index is -0.402. The van der Waals surface area contributed by atoms with Crippen LogP contribution in [0.1, 0.15) is 19.8 Å². The van der Waals surface area contributed by atoms with Gasteiger partial charge in [-0.2, -0.15) is 0 Å². The van der Waals surface area contributed by atoms with Gasteiger partial charge in [0.15, 0.2) is 0 Å². The number of benzene rings is 1. The van der Waals surface area contributed by atoms with Crippen molar-refractivity contribution < 1.29 is 19.1 Å². The summed E-state index contributed by atoms with van der Waals surface area (Å²) in [6.07, 6.45) is 0.330. The van der Waals surface area contributed by atoms with E-state index in [9.17, 15) is 9.59 Å². The van der Waals surface area contributed by atoms with Gasteiger partial charge in [-0.15, -0.1) is 0 Å². The largest absolute Gasteiger partial charge is 0.497 e. The first-order valence-corrected chi connectivity index (χ1v) is 4.96. The average Bonchev–Trinajstić information content (AvgIpc) is 2.27.